The van der Waals surface area contributed by atoms with Crippen LogP contribution < -0.4 is 10.2 Å². The molecule has 1 aliphatic rings. The van der Waals surface area contributed by atoms with Crippen LogP contribution in [-0.4, -0.2) is 74.1 Å². The Morgan fingerprint density at radius 3 is 2.61 bits per heavy atom. The van der Waals surface area contributed by atoms with Crippen molar-refractivity contribution in [2.24, 2.45) is 10.9 Å². The van der Waals surface area contributed by atoms with E-state index >= 15 is 0 Å². The molecule has 172 valence electrons. The quantitative estimate of drug-likeness (QED) is 0.312. The van der Waals surface area contributed by atoms with Gasteiger partial charge in [0.2, 0.25) is 0 Å². The van der Waals surface area contributed by atoms with Crippen LogP contribution in [0.25, 0.3) is 10.9 Å². The molecule has 0 spiro atoms. The third-order valence-corrected chi connectivity index (χ3v) is 5.98. The lowest BCUT2D eigenvalue weighted by atomic mass is 10.1. The standard InChI is InChI=1S/C24H38N6.HI/c1-6-25-24(30-14-13-19(18-30)17-29(7-2)8-3)26-16-20-15-23(28(4)5)27-22-12-10-9-11-21(20)22;/h9-12,15,19H,6-8,13-14,16-18H2,1-5H3,(H,25,26);1H. The molecular formula is C24H39IN6. The van der Waals surface area contributed by atoms with Crippen LogP contribution in [0.15, 0.2) is 35.3 Å². The molecule has 1 aliphatic heterocycles. The monoisotopic (exact) mass is 538 g/mol. The Morgan fingerprint density at radius 1 is 1.19 bits per heavy atom. The number of nitrogens with zero attached hydrogens (tertiary/aromatic N) is 5. The summed E-state index contributed by atoms with van der Waals surface area (Å²) in [5.74, 6) is 2.73. The predicted octanol–water partition coefficient (Wildman–Crippen LogP) is 4.05. The highest BCUT2D eigenvalue weighted by Crippen LogP contribution is 2.23. The summed E-state index contributed by atoms with van der Waals surface area (Å²) in [6.45, 7) is 13.8. The van der Waals surface area contributed by atoms with Gasteiger partial charge in [0, 0.05) is 45.7 Å². The van der Waals surface area contributed by atoms with E-state index in [0.717, 1.165) is 55.9 Å². The number of anilines is 1. The molecular weight excluding hydrogens is 499 g/mol. The minimum atomic E-state index is 0. The van der Waals surface area contributed by atoms with Crippen LogP contribution in [0.5, 0.6) is 0 Å². The van der Waals surface area contributed by atoms with Crippen LogP contribution in [0.1, 0.15) is 32.8 Å². The number of benzene rings is 1. The molecule has 1 N–H and O–H groups in total. The van der Waals surface area contributed by atoms with E-state index in [0.29, 0.717) is 6.54 Å². The first kappa shape index (κ1) is 25.6. The zero-order chi connectivity index (χ0) is 21.5. The maximum Gasteiger partial charge on any atom is 0.194 e. The molecule has 3 rings (SSSR count). The average molecular weight is 539 g/mol. The van der Waals surface area contributed by atoms with Gasteiger partial charge in [0.15, 0.2) is 5.96 Å². The number of aliphatic imine (C=N–C) groups is 1. The Balaban J connectivity index is 0.00000341. The van der Waals surface area contributed by atoms with E-state index in [1.165, 1.54) is 23.9 Å². The third kappa shape index (κ3) is 6.68. The molecule has 31 heavy (non-hydrogen) atoms. The molecule has 1 aromatic carbocycles. The Hall–Kier alpha value is -1.61. The van der Waals surface area contributed by atoms with Crippen LogP contribution in [0.2, 0.25) is 0 Å². The van der Waals surface area contributed by atoms with Crippen molar-refractivity contribution in [3.8, 4) is 0 Å². The first-order chi connectivity index (χ1) is 14.5. The summed E-state index contributed by atoms with van der Waals surface area (Å²) in [5.41, 5.74) is 2.25. The number of fused-ring (bicyclic) bond motifs is 1. The molecule has 0 saturated carbocycles. The number of para-hydroxylation sites is 1. The Bertz CT molecular complexity index is 849. The van der Waals surface area contributed by atoms with E-state index in [1.54, 1.807) is 0 Å². The van der Waals surface area contributed by atoms with Crippen LogP contribution in [0, 0.1) is 5.92 Å². The summed E-state index contributed by atoms with van der Waals surface area (Å²) in [5, 5.41) is 4.70. The van der Waals surface area contributed by atoms with Crippen molar-refractivity contribution >= 4 is 46.7 Å². The van der Waals surface area contributed by atoms with Crippen molar-refractivity contribution in [3.05, 3.63) is 35.9 Å². The fourth-order valence-electron chi connectivity index (χ4n) is 4.20. The number of nitrogens with one attached hydrogen (secondary N) is 1. The highest BCUT2D eigenvalue weighted by atomic mass is 127. The van der Waals surface area contributed by atoms with Gasteiger partial charge in [-0.1, -0.05) is 32.0 Å². The third-order valence-electron chi connectivity index (χ3n) is 5.98. The van der Waals surface area contributed by atoms with Crippen LogP contribution in [0.4, 0.5) is 5.82 Å². The smallest absolute Gasteiger partial charge is 0.194 e. The van der Waals surface area contributed by atoms with Gasteiger partial charge in [-0.25, -0.2) is 9.98 Å². The molecule has 0 bridgehead atoms. The summed E-state index contributed by atoms with van der Waals surface area (Å²) in [6.07, 6.45) is 1.24. The lowest BCUT2D eigenvalue weighted by Gasteiger charge is -2.24. The van der Waals surface area contributed by atoms with Gasteiger partial charge in [0.25, 0.3) is 0 Å². The lowest BCUT2D eigenvalue weighted by molar-refractivity contribution is 0.255. The Labute approximate surface area is 205 Å². The van der Waals surface area contributed by atoms with Crippen LogP contribution in [-0.2, 0) is 6.54 Å². The van der Waals surface area contributed by atoms with E-state index in [2.05, 4.69) is 65.1 Å². The zero-order valence-electron chi connectivity index (χ0n) is 19.8. The zero-order valence-corrected chi connectivity index (χ0v) is 22.1. The minimum absolute atomic E-state index is 0. The number of hydrogen-bond acceptors (Lipinski definition) is 4. The number of rotatable bonds is 8. The number of likely N-dealkylation sites (tertiary alicyclic amines) is 1. The van der Waals surface area contributed by atoms with Gasteiger partial charge in [-0.3, -0.25) is 0 Å². The Kier molecular flexibility index (Phi) is 10.3. The second-order valence-electron chi connectivity index (χ2n) is 8.31. The molecule has 1 aromatic heterocycles. The molecule has 1 fully saturated rings. The average Bonchev–Trinajstić information content (AvgIpc) is 3.22. The summed E-state index contributed by atoms with van der Waals surface area (Å²) in [7, 11) is 4.07. The SMILES string of the molecule is CCNC(=NCc1cc(N(C)C)nc2ccccc12)N1CCC(CN(CC)CC)C1.I. The minimum Gasteiger partial charge on any atom is -0.363 e. The van der Waals surface area contributed by atoms with Gasteiger partial charge in [0.05, 0.1) is 12.1 Å². The molecule has 7 heteroatoms. The normalized spacial score (nSPS) is 16.6. The molecule has 0 radical (unpaired) electrons. The van der Waals surface area contributed by atoms with Gasteiger partial charge in [-0.2, -0.15) is 0 Å². The van der Waals surface area contributed by atoms with Crippen molar-refractivity contribution in [1.29, 1.82) is 0 Å². The van der Waals surface area contributed by atoms with Crippen molar-refractivity contribution < 1.29 is 0 Å². The summed E-state index contributed by atoms with van der Waals surface area (Å²) in [6, 6.07) is 10.5. The van der Waals surface area contributed by atoms with Gasteiger partial charge < -0.3 is 20.0 Å². The summed E-state index contributed by atoms with van der Waals surface area (Å²) >= 11 is 0. The largest absolute Gasteiger partial charge is 0.363 e. The molecule has 0 amide bonds. The van der Waals surface area contributed by atoms with Gasteiger partial charge in [-0.15, -0.1) is 24.0 Å². The fourth-order valence-corrected chi connectivity index (χ4v) is 4.20. The summed E-state index contributed by atoms with van der Waals surface area (Å²) in [4.78, 5) is 16.8. The molecule has 1 saturated heterocycles. The van der Waals surface area contributed by atoms with E-state index in [-0.39, 0.29) is 24.0 Å². The topological polar surface area (TPSA) is 47.0 Å². The molecule has 0 aliphatic carbocycles. The highest BCUT2D eigenvalue weighted by molar-refractivity contribution is 14.0. The molecule has 1 unspecified atom stereocenters. The molecule has 2 aromatic rings. The van der Waals surface area contributed by atoms with Crippen molar-refractivity contribution in [1.82, 2.24) is 20.1 Å². The van der Waals surface area contributed by atoms with Gasteiger partial charge >= 0.3 is 0 Å². The Morgan fingerprint density at radius 2 is 1.94 bits per heavy atom. The summed E-state index contributed by atoms with van der Waals surface area (Å²) < 4.78 is 0. The van der Waals surface area contributed by atoms with Gasteiger partial charge in [-0.05, 0) is 50.0 Å². The van der Waals surface area contributed by atoms with E-state index < -0.39 is 0 Å². The first-order valence-electron chi connectivity index (χ1n) is 11.4. The van der Waals surface area contributed by atoms with Crippen LogP contribution in [0.3, 0.4) is 0 Å². The lowest BCUT2D eigenvalue weighted by Crippen LogP contribution is -2.40. The molecule has 6 nitrogen and oxygen atoms in total. The van der Waals surface area contributed by atoms with E-state index in [9.17, 15) is 0 Å². The molecule has 1 atom stereocenters. The molecule has 2 heterocycles. The van der Waals surface area contributed by atoms with E-state index in [1.807, 2.05) is 20.2 Å². The number of halogens is 1. The van der Waals surface area contributed by atoms with Crippen molar-refractivity contribution in [3.63, 3.8) is 0 Å². The number of pyridine rings is 1. The number of hydrogen-bond donors (Lipinski definition) is 1. The van der Waals surface area contributed by atoms with Crippen molar-refractivity contribution in [2.45, 2.75) is 33.7 Å². The fraction of sp³-hybridized carbons (Fsp3) is 0.583. The number of guanidine groups is 1. The second kappa shape index (κ2) is 12.4. The predicted molar refractivity (Wildman–Crippen MR) is 144 cm³/mol. The van der Waals surface area contributed by atoms with Gasteiger partial charge in [0.1, 0.15) is 5.82 Å². The second-order valence-corrected chi connectivity index (χ2v) is 8.31. The van der Waals surface area contributed by atoms with Crippen LogP contribution >= 0.6 is 24.0 Å². The number of aromatic nitrogens is 1. The maximum absolute atomic E-state index is 5.04. The highest BCUT2D eigenvalue weighted by Gasteiger charge is 2.26. The van der Waals surface area contributed by atoms with E-state index in [4.69, 9.17) is 9.98 Å². The maximum atomic E-state index is 5.04. The first-order valence-corrected chi connectivity index (χ1v) is 11.4. The van der Waals surface area contributed by atoms with Crippen molar-refractivity contribution in [2.75, 3.05) is 58.3 Å².